The highest BCUT2D eigenvalue weighted by molar-refractivity contribution is 6.30. The van der Waals surface area contributed by atoms with Crippen molar-refractivity contribution in [2.24, 2.45) is 5.92 Å². The van der Waals surface area contributed by atoms with Crippen LogP contribution in [0.25, 0.3) is 0 Å². The number of fused-ring (bicyclic) bond motifs is 1. The van der Waals surface area contributed by atoms with Crippen molar-refractivity contribution in [1.29, 1.82) is 0 Å². The van der Waals surface area contributed by atoms with Crippen molar-refractivity contribution in [3.63, 3.8) is 0 Å². The minimum Gasteiger partial charge on any atom is -0.497 e. The zero-order valence-corrected chi connectivity index (χ0v) is 27.1. The Kier molecular flexibility index (Phi) is 11.5. The molecule has 1 amide bonds. The Hall–Kier alpha value is -3.30. The summed E-state index contributed by atoms with van der Waals surface area (Å²) < 4.78 is 23.0. The van der Waals surface area contributed by atoms with E-state index in [9.17, 15) is 9.59 Å². The molecule has 1 fully saturated rings. The number of esters is 1. The Morgan fingerprint density at radius 3 is 2.50 bits per heavy atom. The number of hydrogen-bond donors (Lipinski definition) is 0. The van der Waals surface area contributed by atoms with Crippen LogP contribution in [0.2, 0.25) is 5.02 Å². The summed E-state index contributed by atoms with van der Waals surface area (Å²) >= 11 is 6.04. The first kappa shape index (κ1) is 33.6. The SMILES string of the molecule is COC1=CC2C(CC(=O)OCCN3CCOC(c4ccc(OC(C)C)cc4)C3)=C(C)N(C(=O)c3ccc(Cl)cc3)C2C=C1.Cl. The van der Waals surface area contributed by atoms with Gasteiger partial charge in [-0.1, -0.05) is 29.8 Å². The number of methoxy groups -OCH3 is 1. The summed E-state index contributed by atoms with van der Waals surface area (Å²) in [6, 6.07) is 14.6. The van der Waals surface area contributed by atoms with Gasteiger partial charge in [-0.3, -0.25) is 14.5 Å². The third-order valence-corrected chi connectivity index (χ3v) is 8.27. The summed E-state index contributed by atoms with van der Waals surface area (Å²) in [7, 11) is 1.61. The van der Waals surface area contributed by atoms with Crippen LogP contribution in [0.5, 0.6) is 5.75 Å². The molecule has 1 saturated heterocycles. The van der Waals surface area contributed by atoms with Gasteiger partial charge in [0, 0.05) is 41.8 Å². The van der Waals surface area contributed by atoms with Crippen molar-refractivity contribution in [3.8, 4) is 5.75 Å². The molecule has 3 aliphatic rings. The minimum atomic E-state index is -0.318. The van der Waals surface area contributed by atoms with Gasteiger partial charge in [0.25, 0.3) is 5.91 Å². The zero-order valence-electron chi connectivity index (χ0n) is 25.5. The lowest BCUT2D eigenvalue weighted by Crippen LogP contribution is -2.40. The summed E-state index contributed by atoms with van der Waals surface area (Å²) in [6.07, 6.45) is 5.96. The first-order valence-corrected chi connectivity index (χ1v) is 15.1. The Labute approximate surface area is 270 Å². The highest BCUT2D eigenvalue weighted by Crippen LogP contribution is 2.41. The van der Waals surface area contributed by atoms with Crippen molar-refractivity contribution in [3.05, 3.63) is 99.9 Å². The van der Waals surface area contributed by atoms with Crippen LogP contribution in [0, 0.1) is 5.92 Å². The molecule has 1 aliphatic carbocycles. The number of amides is 1. The molecule has 0 saturated carbocycles. The maximum absolute atomic E-state index is 13.6. The molecule has 8 nitrogen and oxygen atoms in total. The predicted octanol–water partition coefficient (Wildman–Crippen LogP) is 6.37. The fourth-order valence-corrected chi connectivity index (χ4v) is 5.98. The molecule has 0 bridgehead atoms. The highest BCUT2D eigenvalue weighted by atomic mass is 35.5. The number of ether oxygens (including phenoxy) is 4. The number of nitrogens with zero attached hydrogens (tertiary/aromatic N) is 2. The molecule has 2 aromatic carbocycles. The largest absolute Gasteiger partial charge is 0.497 e. The van der Waals surface area contributed by atoms with E-state index in [2.05, 4.69) is 4.90 Å². The lowest BCUT2D eigenvalue weighted by atomic mass is 9.88. The quantitative estimate of drug-likeness (QED) is 0.279. The molecule has 3 unspecified atom stereocenters. The van der Waals surface area contributed by atoms with Gasteiger partial charge in [-0.15, -0.1) is 12.4 Å². The summed E-state index contributed by atoms with van der Waals surface area (Å²) in [6.45, 7) is 8.89. The van der Waals surface area contributed by atoms with Gasteiger partial charge in [-0.25, -0.2) is 0 Å². The number of rotatable bonds is 10. The monoisotopic (exact) mass is 642 g/mol. The second kappa shape index (κ2) is 15.1. The van der Waals surface area contributed by atoms with E-state index in [1.165, 1.54) is 0 Å². The topological polar surface area (TPSA) is 77.5 Å². The van der Waals surface area contributed by atoms with Gasteiger partial charge in [-0.2, -0.15) is 0 Å². The van der Waals surface area contributed by atoms with Gasteiger partial charge in [0.2, 0.25) is 0 Å². The molecular weight excluding hydrogens is 603 g/mol. The molecule has 2 heterocycles. The van der Waals surface area contributed by atoms with Gasteiger partial charge in [-0.05, 0) is 80.5 Å². The number of hydrogen-bond acceptors (Lipinski definition) is 7. The summed E-state index contributed by atoms with van der Waals surface area (Å²) in [4.78, 5) is 30.7. The number of carbonyl (C=O) groups excluding carboxylic acids is 2. The standard InChI is InChI=1S/C34H39ClN2O6.ClH/c1-22(2)43-27-11-7-24(8-12-27)32-21-36(15-17-41-32)16-18-42-33(38)20-29-23(3)37(31-14-13-28(40-4)19-30(29)31)34(39)25-5-9-26(35)10-6-25;/h5-14,19,22,30-32H,15-18,20-21H2,1-4H3;1H. The average Bonchev–Trinajstić information content (AvgIpc) is 3.27. The summed E-state index contributed by atoms with van der Waals surface area (Å²) in [5.41, 5.74) is 3.24. The number of halogens is 2. The third-order valence-electron chi connectivity index (χ3n) is 8.02. The predicted molar refractivity (Wildman–Crippen MR) is 172 cm³/mol. The van der Waals surface area contributed by atoms with Gasteiger partial charge >= 0.3 is 5.97 Å². The van der Waals surface area contributed by atoms with Gasteiger partial charge in [0.05, 0.1) is 38.4 Å². The Balaban J connectivity index is 0.00000442. The number of benzene rings is 2. The first-order valence-electron chi connectivity index (χ1n) is 14.7. The van der Waals surface area contributed by atoms with Crippen LogP contribution in [0.3, 0.4) is 0 Å². The average molecular weight is 644 g/mol. The van der Waals surface area contributed by atoms with Gasteiger partial charge in [0.15, 0.2) is 0 Å². The molecule has 5 rings (SSSR count). The summed E-state index contributed by atoms with van der Waals surface area (Å²) in [5, 5.41) is 0.565. The van der Waals surface area contributed by atoms with Crippen molar-refractivity contribution < 1.29 is 28.5 Å². The van der Waals surface area contributed by atoms with E-state index in [4.69, 9.17) is 30.5 Å². The van der Waals surface area contributed by atoms with Crippen LogP contribution in [0.15, 0.2) is 83.8 Å². The Morgan fingerprint density at radius 1 is 1.09 bits per heavy atom. The van der Waals surface area contributed by atoms with Crippen LogP contribution >= 0.6 is 24.0 Å². The number of carbonyl (C=O) groups is 2. The van der Waals surface area contributed by atoms with E-state index in [-0.39, 0.29) is 61.5 Å². The van der Waals surface area contributed by atoms with Crippen molar-refractivity contribution >= 4 is 35.9 Å². The lowest BCUT2D eigenvalue weighted by molar-refractivity contribution is -0.143. The van der Waals surface area contributed by atoms with E-state index < -0.39 is 0 Å². The van der Waals surface area contributed by atoms with Crippen LogP contribution in [0.4, 0.5) is 0 Å². The molecule has 0 spiro atoms. The van der Waals surface area contributed by atoms with E-state index in [0.29, 0.717) is 36.0 Å². The molecular formula is C34H40Cl2N2O6. The highest BCUT2D eigenvalue weighted by Gasteiger charge is 2.42. The molecule has 10 heteroatoms. The summed E-state index contributed by atoms with van der Waals surface area (Å²) in [5.74, 6) is 0.899. The maximum atomic E-state index is 13.6. The van der Waals surface area contributed by atoms with Crippen molar-refractivity contribution in [2.45, 2.75) is 45.4 Å². The molecule has 2 aliphatic heterocycles. The van der Waals surface area contributed by atoms with Gasteiger partial charge in [0.1, 0.15) is 18.1 Å². The second-order valence-corrected chi connectivity index (χ2v) is 11.7. The smallest absolute Gasteiger partial charge is 0.310 e. The van der Waals surface area contributed by atoms with Crippen molar-refractivity contribution in [2.75, 3.05) is 40.0 Å². The van der Waals surface area contributed by atoms with Crippen LogP contribution in [-0.4, -0.2) is 73.8 Å². The van der Waals surface area contributed by atoms with Crippen LogP contribution in [-0.2, 0) is 19.0 Å². The Bertz CT molecular complexity index is 1400. The van der Waals surface area contributed by atoms with Gasteiger partial charge < -0.3 is 23.8 Å². The third kappa shape index (κ3) is 7.85. The molecule has 2 aromatic rings. The number of morpholine rings is 1. The normalized spacial score (nSPS) is 21.5. The maximum Gasteiger partial charge on any atom is 0.310 e. The first-order chi connectivity index (χ1) is 20.7. The second-order valence-electron chi connectivity index (χ2n) is 11.2. The fraction of sp³-hybridized carbons (Fsp3) is 0.412. The molecule has 44 heavy (non-hydrogen) atoms. The van der Waals surface area contributed by atoms with Crippen LogP contribution in [0.1, 0.15) is 49.2 Å². The fourth-order valence-electron chi connectivity index (χ4n) is 5.85. The molecule has 3 atom stereocenters. The minimum absolute atomic E-state index is 0. The van der Waals surface area contributed by atoms with E-state index >= 15 is 0 Å². The number of allylic oxidation sites excluding steroid dienone is 2. The van der Waals surface area contributed by atoms with E-state index in [1.807, 2.05) is 63.3 Å². The van der Waals surface area contributed by atoms with Crippen LogP contribution < -0.4 is 4.74 Å². The van der Waals surface area contributed by atoms with E-state index in [0.717, 1.165) is 29.1 Å². The molecule has 236 valence electrons. The van der Waals surface area contributed by atoms with Crippen molar-refractivity contribution in [1.82, 2.24) is 9.80 Å². The molecule has 0 N–H and O–H groups in total. The zero-order chi connectivity index (χ0) is 30.5. The molecule has 0 radical (unpaired) electrons. The molecule has 0 aromatic heterocycles. The van der Waals surface area contributed by atoms with E-state index in [1.54, 1.807) is 36.3 Å². The Morgan fingerprint density at radius 2 is 1.82 bits per heavy atom. The lowest BCUT2D eigenvalue weighted by Gasteiger charge is -2.33.